The van der Waals surface area contributed by atoms with E-state index in [1.807, 2.05) is 0 Å². The number of nitrogens with zero attached hydrogens (tertiary/aromatic N) is 2. The van der Waals surface area contributed by atoms with Crippen LogP contribution in [0.1, 0.15) is 39.0 Å². The number of ether oxygens (including phenoxy) is 1. The normalized spacial score (nSPS) is 17.8. The van der Waals surface area contributed by atoms with E-state index in [2.05, 4.69) is 23.8 Å². The second-order valence-corrected chi connectivity index (χ2v) is 5.17. The van der Waals surface area contributed by atoms with Gasteiger partial charge in [0.2, 0.25) is 0 Å². The number of morpholine rings is 1. The molecule has 0 bridgehead atoms. The van der Waals surface area contributed by atoms with E-state index in [1.165, 1.54) is 51.7 Å². The van der Waals surface area contributed by atoms with Gasteiger partial charge in [-0.15, -0.1) is 0 Å². The van der Waals surface area contributed by atoms with E-state index in [9.17, 15) is 0 Å². The van der Waals surface area contributed by atoms with E-state index in [4.69, 9.17) is 4.74 Å². The van der Waals surface area contributed by atoms with Crippen molar-refractivity contribution in [3.05, 3.63) is 0 Å². The van der Waals surface area contributed by atoms with Crippen molar-refractivity contribution in [1.29, 1.82) is 0 Å². The van der Waals surface area contributed by atoms with E-state index in [-0.39, 0.29) is 0 Å². The third-order valence-electron chi connectivity index (χ3n) is 3.55. The fourth-order valence-corrected chi connectivity index (χ4v) is 2.23. The minimum Gasteiger partial charge on any atom is -0.379 e. The van der Waals surface area contributed by atoms with Crippen LogP contribution in [0.2, 0.25) is 0 Å². The largest absolute Gasteiger partial charge is 0.379 e. The Labute approximate surface area is 107 Å². The summed E-state index contributed by atoms with van der Waals surface area (Å²) in [7, 11) is 2.25. The molecule has 0 spiro atoms. The smallest absolute Gasteiger partial charge is 0.0594 e. The van der Waals surface area contributed by atoms with Gasteiger partial charge in [0, 0.05) is 26.2 Å². The van der Waals surface area contributed by atoms with E-state index in [1.54, 1.807) is 0 Å². The van der Waals surface area contributed by atoms with Crippen molar-refractivity contribution < 1.29 is 4.74 Å². The van der Waals surface area contributed by atoms with E-state index >= 15 is 0 Å². The third kappa shape index (κ3) is 7.74. The zero-order chi connectivity index (χ0) is 12.3. The first-order chi connectivity index (χ1) is 8.33. The third-order valence-corrected chi connectivity index (χ3v) is 3.55. The fourth-order valence-electron chi connectivity index (χ4n) is 2.23. The molecular weight excluding hydrogens is 212 g/mol. The standard InChI is InChI=1S/C14H30N2O/c1-3-4-5-6-7-8-15(2)9-10-16-11-13-17-14-12-16/h3-14H2,1-2H3. The lowest BCUT2D eigenvalue weighted by Gasteiger charge is -2.28. The zero-order valence-electron chi connectivity index (χ0n) is 11.8. The van der Waals surface area contributed by atoms with Crippen LogP contribution in [0, 0.1) is 0 Å². The van der Waals surface area contributed by atoms with E-state index in [0.717, 1.165) is 26.3 Å². The van der Waals surface area contributed by atoms with Crippen LogP contribution in [0.4, 0.5) is 0 Å². The molecule has 0 aromatic rings. The molecule has 1 aliphatic heterocycles. The second-order valence-electron chi connectivity index (χ2n) is 5.17. The summed E-state index contributed by atoms with van der Waals surface area (Å²) in [6.45, 7) is 10.0. The quantitative estimate of drug-likeness (QED) is 0.577. The number of hydrogen-bond donors (Lipinski definition) is 0. The lowest BCUT2D eigenvalue weighted by molar-refractivity contribution is 0.0344. The van der Waals surface area contributed by atoms with Crippen molar-refractivity contribution in [2.45, 2.75) is 39.0 Å². The minimum atomic E-state index is 0.917. The predicted octanol–water partition coefficient (Wildman–Crippen LogP) is 2.22. The van der Waals surface area contributed by atoms with Crippen LogP contribution in [-0.2, 0) is 4.74 Å². The molecule has 1 saturated heterocycles. The topological polar surface area (TPSA) is 15.7 Å². The SMILES string of the molecule is CCCCCCCN(C)CCN1CCOCC1. The number of rotatable bonds is 9. The zero-order valence-corrected chi connectivity index (χ0v) is 11.8. The Kier molecular flexibility index (Phi) is 8.67. The lowest BCUT2D eigenvalue weighted by Crippen LogP contribution is -2.40. The maximum Gasteiger partial charge on any atom is 0.0594 e. The van der Waals surface area contributed by atoms with E-state index < -0.39 is 0 Å². The first-order valence-electron chi connectivity index (χ1n) is 7.31. The van der Waals surface area contributed by atoms with Gasteiger partial charge in [0.15, 0.2) is 0 Å². The van der Waals surface area contributed by atoms with Crippen LogP contribution in [-0.4, -0.2) is 62.8 Å². The van der Waals surface area contributed by atoms with Crippen LogP contribution in [0.25, 0.3) is 0 Å². The van der Waals surface area contributed by atoms with Crippen LogP contribution in [0.15, 0.2) is 0 Å². The molecule has 0 unspecified atom stereocenters. The van der Waals surface area contributed by atoms with Gasteiger partial charge in [-0.3, -0.25) is 4.90 Å². The van der Waals surface area contributed by atoms with Gasteiger partial charge in [0.25, 0.3) is 0 Å². The molecule has 0 amide bonds. The molecule has 1 heterocycles. The maximum absolute atomic E-state index is 5.35. The van der Waals surface area contributed by atoms with Crippen LogP contribution in [0.3, 0.4) is 0 Å². The number of likely N-dealkylation sites (N-methyl/N-ethyl adjacent to an activating group) is 1. The summed E-state index contributed by atoms with van der Waals surface area (Å²) in [6, 6.07) is 0. The Morgan fingerprint density at radius 2 is 1.71 bits per heavy atom. The Morgan fingerprint density at radius 1 is 1.00 bits per heavy atom. The molecule has 102 valence electrons. The van der Waals surface area contributed by atoms with Gasteiger partial charge < -0.3 is 9.64 Å². The molecule has 3 nitrogen and oxygen atoms in total. The summed E-state index contributed by atoms with van der Waals surface area (Å²) in [6.07, 6.45) is 6.91. The van der Waals surface area contributed by atoms with Gasteiger partial charge in [-0.05, 0) is 20.0 Å². The van der Waals surface area contributed by atoms with Gasteiger partial charge >= 0.3 is 0 Å². The first-order valence-corrected chi connectivity index (χ1v) is 7.31. The minimum absolute atomic E-state index is 0.917. The summed E-state index contributed by atoms with van der Waals surface area (Å²) in [4.78, 5) is 4.98. The molecule has 0 N–H and O–H groups in total. The van der Waals surface area contributed by atoms with Crippen LogP contribution in [0.5, 0.6) is 0 Å². The van der Waals surface area contributed by atoms with Gasteiger partial charge in [-0.25, -0.2) is 0 Å². The Balaban J connectivity index is 1.91. The van der Waals surface area contributed by atoms with Crippen molar-refractivity contribution >= 4 is 0 Å². The Hall–Kier alpha value is -0.120. The summed E-state index contributed by atoms with van der Waals surface area (Å²) < 4.78 is 5.35. The molecule has 1 rings (SSSR count). The van der Waals surface area contributed by atoms with Crippen LogP contribution < -0.4 is 0 Å². The highest BCUT2D eigenvalue weighted by atomic mass is 16.5. The average molecular weight is 242 g/mol. The monoisotopic (exact) mass is 242 g/mol. The van der Waals surface area contributed by atoms with Gasteiger partial charge in [0.05, 0.1) is 13.2 Å². The molecule has 1 fully saturated rings. The molecule has 0 aromatic carbocycles. The molecule has 0 radical (unpaired) electrons. The van der Waals surface area contributed by atoms with Crippen molar-refractivity contribution in [1.82, 2.24) is 9.80 Å². The van der Waals surface area contributed by atoms with Crippen molar-refractivity contribution in [3.63, 3.8) is 0 Å². The summed E-state index contributed by atoms with van der Waals surface area (Å²) >= 11 is 0. The average Bonchev–Trinajstić information content (AvgIpc) is 2.37. The summed E-state index contributed by atoms with van der Waals surface area (Å²) in [5.41, 5.74) is 0. The summed E-state index contributed by atoms with van der Waals surface area (Å²) in [5, 5.41) is 0. The maximum atomic E-state index is 5.35. The van der Waals surface area contributed by atoms with Crippen molar-refractivity contribution in [3.8, 4) is 0 Å². The van der Waals surface area contributed by atoms with Gasteiger partial charge in [0.1, 0.15) is 0 Å². The van der Waals surface area contributed by atoms with Crippen molar-refractivity contribution in [2.24, 2.45) is 0 Å². The lowest BCUT2D eigenvalue weighted by atomic mass is 10.1. The highest BCUT2D eigenvalue weighted by Gasteiger charge is 2.10. The predicted molar refractivity (Wildman–Crippen MR) is 73.5 cm³/mol. The Bertz CT molecular complexity index is 170. The summed E-state index contributed by atoms with van der Waals surface area (Å²) in [5.74, 6) is 0. The molecule has 17 heavy (non-hydrogen) atoms. The Morgan fingerprint density at radius 3 is 2.41 bits per heavy atom. The number of hydrogen-bond acceptors (Lipinski definition) is 3. The highest BCUT2D eigenvalue weighted by molar-refractivity contribution is 4.64. The molecule has 0 saturated carbocycles. The van der Waals surface area contributed by atoms with E-state index in [0.29, 0.717) is 0 Å². The molecule has 3 heteroatoms. The molecule has 0 aromatic heterocycles. The molecule has 1 aliphatic rings. The molecular formula is C14H30N2O. The van der Waals surface area contributed by atoms with Crippen molar-refractivity contribution in [2.75, 3.05) is 53.0 Å². The molecule has 0 aliphatic carbocycles. The highest BCUT2D eigenvalue weighted by Crippen LogP contribution is 2.03. The number of unbranched alkanes of at least 4 members (excludes halogenated alkanes) is 4. The molecule has 0 atom stereocenters. The fraction of sp³-hybridized carbons (Fsp3) is 1.00. The second kappa shape index (κ2) is 9.86. The van der Waals surface area contributed by atoms with Gasteiger partial charge in [-0.1, -0.05) is 32.6 Å². The first kappa shape index (κ1) is 14.9. The van der Waals surface area contributed by atoms with Gasteiger partial charge in [-0.2, -0.15) is 0 Å². The van der Waals surface area contributed by atoms with Crippen LogP contribution >= 0.6 is 0 Å².